The van der Waals surface area contributed by atoms with Crippen LogP contribution in [0.15, 0.2) is 18.2 Å². The SMILES string of the molecule is CCOc1ccc([C@@H]2CO2)c(C)c1. The molecule has 0 saturated carbocycles. The number of epoxide rings is 1. The first-order valence-corrected chi connectivity index (χ1v) is 4.66. The number of hydrogen-bond donors (Lipinski definition) is 0. The summed E-state index contributed by atoms with van der Waals surface area (Å²) in [4.78, 5) is 0. The molecule has 0 bridgehead atoms. The molecular weight excluding hydrogens is 164 g/mol. The van der Waals surface area contributed by atoms with Gasteiger partial charge < -0.3 is 9.47 Å². The van der Waals surface area contributed by atoms with Crippen LogP contribution in [0.4, 0.5) is 0 Å². The van der Waals surface area contributed by atoms with Gasteiger partial charge in [-0.3, -0.25) is 0 Å². The van der Waals surface area contributed by atoms with Gasteiger partial charge in [-0.05, 0) is 37.1 Å². The predicted octanol–water partition coefficient (Wildman–Crippen LogP) is 2.47. The highest BCUT2D eigenvalue weighted by molar-refractivity contribution is 5.37. The number of rotatable bonds is 3. The zero-order chi connectivity index (χ0) is 9.26. The molecule has 0 amide bonds. The molecule has 1 atom stereocenters. The molecule has 1 saturated heterocycles. The normalized spacial score (nSPS) is 20.0. The fraction of sp³-hybridized carbons (Fsp3) is 0.455. The van der Waals surface area contributed by atoms with Gasteiger partial charge in [-0.25, -0.2) is 0 Å². The minimum atomic E-state index is 0.343. The Morgan fingerprint density at radius 3 is 2.85 bits per heavy atom. The molecule has 0 spiro atoms. The molecule has 0 unspecified atom stereocenters. The van der Waals surface area contributed by atoms with E-state index >= 15 is 0 Å². The minimum absolute atomic E-state index is 0.343. The van der Waals surface area contributed by atoms with E-state index in [4.69, 9.17) is 9.47 Å². The standard InChI is InChI=1S/C11H14O2/c1-3-12-9-4-5-10(8(2)6-9)11-7-13-11/h4-6,11H,3,7H2,1-2H3/t11-/m0/s1. The molecule has 1 aliphatic heterocycles. The van der Waals surface area contributed by atoms with Crippen molar-refractivity contribution in [2.45, 2.75) is 20.0 Å². The summed E-state index contributed by atoms with van der Waals surface area (Å²) in [6, 6.07) is 6.17. The second-order valence-electron chi connectivity index (χ2n) is 3.27. The van der Waals surface area contributed by atoms with E-state index in [9.17, 15) is 0 Å². The maximum Gasteiger partial charge on any atom is 0.119 e. The quantitative estimate of drug-likeness (QED) is 0.663. The molecule has 1 fully saturated rings. The molecule has 2 nitrogen and oxygen atoms in total. The van der Waals surface area contributed by atoms with Crippen molar-refractivity contribution in [2.24, 2.45) is 0 Å². The Morgan fingerprint density at radius 1 is 1.54 bits per heavy atom. The first-order chi connectivity index (χ1) is 6.31. The first-order valence-electron chi connectivity index (χ1n) is 4.66. The predicted molar refractivity (Wildman–Crippen MR) is 51.0 cm³/mol. The number of aryl methyl sites for hydroxylation is 1. The van der Waals surface area contributed by atoms with Crippen molar-refractivity contribution in [3.63, 3.8) is 0 Å². The highest BCUT2D eigenvalue weighted by Crippen LogP contribution is 2.33. The summed E-state index contributed by atoms with van der Waals surface area (Å²) in [7, 11) is 0. The number of benzene rings is 1. The summed E-state index contributed by atoms with van der Waals surface area (Å²) in [5.74, 6) is 0.949. The van der Waals surface area contributed by atoms with Gasteiger partial charge >= 0.3 is 0 Å². The maximum absolute atomic E-state index is 5.40. The summed E-state index contributed by atoms with van der Waals surface area (Å²) in [5, 5.41) is 0. The average molecular weight is 178 g/mol. The van der Waals surface area contributed by atoms with Gasteiger partial charge in [0.15, 0.2) is 0 Å². The molecule has 1 aliphatic rings. The molecule has 70 valence electrons. The van der Waals surface area contributed by atoms with Gasteiger partial charge in [-0.15, -0.1) is 0 Å². The second-order valence-corrected chi connectivity index (χ2v) is 3.27. The van der Waals surface area contributed by atoms with Crippen molar-refractivity contribution in [3.05, 3.63) is 29.3 Å². The Bertz CT molecular complexity index is 303. The van der Waals surface area contributed by atoms with E-state index in [0.29, 0.717) is 6.10 Å². The fourth-order valence-electron chi connectivity index (χ4n) is 1.49. The van der Waals surface area contributed by atoms with Gasteiger partial charge in [0.25, 0.3) is 0 Å². The molecule has 2 heteroatoms. The van der Waals surface area contributed by atoms with E-state index in [1.54, 1.807) is 0 Å². The highest BCUT2D eigenvalue weighted by atomic mass is 16.6. The first kappa shape index (κ1) is 8.57. The molecule has 0 radical (unpaired) electrons. The van der Waals surface area contributed by atoms with Crippen molar-refractivity contribution in [2.75, 3.05) is 13.2 Å². The summed E-state index contributed by atoms with van der Waals surface area (Å²) in [5.41, 5.74) is 2.55. The topological polar surface area (TPSA) is 21.8 Å². The molecule has 0 aliphatic carbocycles. The van der Waals surface area contributed by atoms with Crippen LogP contribution < -0.4 is 4.74 Å². The lowest BCUT2D eigenvalue weighted by Gasteiger charge is -2.06. The van der Waals surface area contributed by atoms with E-state index in [0.717, 1.165) is 19.0 Å². The summed E-state index contributed by atoms with van der Waals surface area (Å²) >= 11 is 0. The Balaban J connectivity index is 2.21. The van der Waals surface area contributed by atoms with Crippen molar-refractivity contribution in [1.29, 1.82) is 0 Å². The molecular formula is C11H14O2. The van der Waals surface area contributed by atoms with E-state index in [1.165, 1.54) is 11.1 Å². The van der Waals surface area contributed by atoms with Gasteiger partial charge in [0.05, 0.1) is 13.2 Å². The summed E-state index contributed by atoms with van der Waals surface area (Å²) in [6.07, 6.45) is 0.343. The van der Waals surface area contributed by atoms with Gasteiger partial charge in [-0.2, -0.15) is 0 Å². The third-order valence-corrected chi connectivity index (χ3v) is 2.23. The monoisotopic (exact) mass is 178 g/mol. The van der Waals surface area contributed by atoms with Gasteiger partial charge in [0.1, 0.15) is 11.9 Å². The summed E-state index contributed by atoms with van der Waals surface area (Å²) < 4.78 is 10.6. The van der Waals surface area contributed by atoms with E-state index in [2.05, 4.69) is 19.1 Å². The van der Waals surface area contributed by atoms with Gasteiger partial charge in [0, 0.05) is 0 Å². The van der Waals surface area contributed by atoms with Crippen LogP contribution in [0.25, 0.3) is 0 Å². The van der Waals surface area contributed by atoms with Crippen LogP contribution in [-0.2, 0) is 4.74 Å². The van der Waals surface area contributed by atoms with Crippen LogP contribution in [0, 0.1) is 6.92 Å². The highest BCUT2D eigenvalue weighted by Gasteiger charge is 2.26. The van der Waals surface area contributed by atoms with Crippen LogP contribution in [0.2, 0.25) is 0 Å². The zero-order valence-electron chi connectivity index (χ0n) is 8.04. The Labute approximate surface area is 78.5 Å². The van der Waals surface area contributed by atoms with E-state index < -0.39 is 0 Å². The molecule has 0 aromatic heterocycles. The largest absolute Gasteiger partial charge is 0.494 e. The van der Waals surface area contributed by atoms with Gasteiger partial charge in [-0.1, -0.05) is 6.07 Å². The molecule has 0 N–H and O–H groups in total. The maximum atomic E-state index is 5.40. The van der Waals surface area contributed by atoms with E-state index in [1.807, 2.05) is 13.0 Å². The van der Waals surface area contributed by atoms with Crippen molar-refractivity contribution in [3.8, 4) is 5.75 Å². The minimum Gasteiger partial charge on any atom is -0.494 e. The molecule has 1 aromatic rings. The second kappa shape index (κ2) is 3.38. The smallest absolute Gasteiger partial charge is 0.119 e. The third kappa shape index (κ3) is 1.83. The molecule has 2 rings (SSSR count). The van der Waals surface area contributed by atoms with E-state index in [-0.39, 0.29) is 0 Å². The van der Waals surface area contributed by atoms with Crippen LogP contribution in [0.5, 0.6) is 5.75 Å². The zero-order valence-corrected chi connectivity index (χ0v) is 8.04. The molecule has 13 heavy (non-hydrogen) atoms. The lowest BCUT2D eigenvalue weighted by atomic mass is 10.1. The third-order valence-electron chi connectivity index (χ3n) is 2.23. The van der Waals surface area contributed by atoms with Crippen molar-refractivity contribution >= 4 is 0 Å². The van der Waals surface area contributed by atoms with Crippen LogP contribution in [0.3, 0.4) is 0 Å². The lowest BCUT2D eigenvalue weighted by Crippen LogP contribution is -1.93. The van der Waals surface area contributed by atoms with Crippen molar-refractivity contribution in [1.82, 2.24) is 0 Å². The van der Waals surface area contributed by atoms with Crippen LogP contribution in [0.1, 0.15) is 24.2 Å². The number of hydrogen-bond acceptors (Lipinski definition) is 2. The number of ether oxygens (including phenoxy) is 2. The van der Waals surface area contributed by atoms with Crippen LogP contribution >= 0.6 is 0 Å². The Morgan fingerprint density at radius 2 is 2.31 bits per heavy atom. The molecule has 1 aromatic carbocycles. The fourth-order valence-corrected chi connectivity index (χ4v) is 1.49. The van der Waals surface area contributed by atoms with Gasteiger partial charge in [0.2, 0.25) is 0 Å². The Hall–Kier alpha value is -1.02. The lowest BCUT2D eigenvalue weighted by molar-refractivity contribution is 0.339. The average Bonchev–Trinajstić information content (AvgIpc) is 2.88. The Kier molecular flexibility index (Phi) is 2.23. The summed E-state index contributed by atoms with van der Waals surface area (Å²) in [6.45, 7) is 5.68. The van der Waals surface area contributed by atoms with Crippen LogP contribution in [-0.4, -0.2) is 13.2 Å². The van der Waals surface area contributed by atoms with Crippen molar-refractivity contribution < 1.29 is 9.47 Å². The molecule has 1 heterocycles.